The monoisotopic (exact) mass is 200 g/mol. The molecule has 0 unspecified atom stereocenters. The predicted molar refractivity (Wildman–Crippen MR) is 52.0 cm³/mol. The Balaban J connectivity index is 5.10. The minimum atomic E-state index is -1.13. The van der Waals surface area contributed by atoms with Crippen LogP contribution >= 0.6 is 0 Å². The van der Waals surface area contributed by atoms with Gasteiger partial charge in [-0.1, -0.05) is 20.8 Å². The van der Waals surface area contributed by atoms with Crippen LogP contribution in [0.1, 0.15) is 33.6 Å². The molecule has 0 aliphatic carbocycles. The largest absolute Gasteiger partial charge is 0.478 e. The quantitative estimate of drug-likeness (QED) is 0.665. The molecule has 0 rings (SSSR count). The van der Waals surface area contributed by atoms with Crippen LogP contribution in [0.5, 0.6) is 0 Å². The highest BCUT2D eigenvalue weighted by Gasteiger charge is 2.19. The van der Waals surface area contributed by atoms with Crippen molar-refractivity contribution >= 4 is 11.9 Å². The number of hydrogen-bond donors (Lipinski definition) is 2. The second kappa shape index (κ2) is 5.42. The molecule has 2 N–H and O–H groups in total. The summed E-state index contributed by atoms with van der Waals surface area (Å²) in [5, 5.41) is 17.6. The van der Waals surface area contributed by atoms with Gasteiger partial charge in [-0.05, 0) is 18.8 Å². The fraction of sp³-hybridized carbons (Fsp3) is 0.600. The van der Waals surface area contributed by atoms with Crippen LogP contribution < -0.4 is 0 Å². The van der Waals surface area contributed by atoms with Gasteiger partial charge in [0.25, 0.3) is 0 Å². The van der Waals surface area contributed by atoms with Gasteiger partial charge in [0, 0.05) is 11.1 Å². The summed E-state index contributed by atoms with van der Waals surface area (Å²) >= 11 is 0. The molecule has 0 fully saturated rings. The molecule has 0 aliphatic rings. The maximum Gasteiger partial charge on any atom is 0.332 e. The van der Waals surface area contributed by atoms with Crippen LogP contribution in [0.3, 0.4) is 0 Å². The molecule has 80 valence electrons. The molecular weight excluding hydrogens is 184 g/mol. The Bertz CT molecular complexity index is 263. The number of aliphatic carboxylic acids is 2. The third-order valence-corrected chi connectivity index (χ3v) is 1.85. The molecule has 4 heteroatoms. The van der Waals surface area contributed by atoms with Gasteiger partial charge in [0.15, 0.2) is 0 Å². The number of carboxylic acids is 2. The highest BCUT2D eigenvalue weighted by atomic mass is 16.4. The van der Waals surface area contributed by atoms with Crippen molar-refractivity contribution in [3.8, 4) is 0 Å². The van der Waals surface area contributed by atoms with E-state index in [9.17, 15) is 9.59 Å². The first-order valence-corrected chi connectivity index (χ1v) is 4.58. The summed E-state index contributed by atoms with van der Waals surface area (Å²) < 4.78 is 0. The summed E-state index contributed by atoms with van der Waals surface area (Å²) in [6.45, 7) is 5.36. The lowest BCUT2D eigenvalue weighted by atomic mass is 9.97. The molecule has 4 nitrogen and oxygen atoms in total. The van der Waals surface area contributed by atoms with Gasteiger partial charge in [-0.15, -0.1) is 0 Å². The van der Waals surface area contributed by atoms with Crippen molar-refractivity contribution in [3.63, 3.8) is 0 Å². The molecule has 0 aromatic rings. The zero-order valence-electron chi connectivity index (χ0n) is 8.70. The smallest absolute Gasteiger partial charge is 0.332 e. The normalized spacial score (nSPS) is 12.6. The van der Waals surface area contributed by atoms with Crippen LogP contribution in [0, 0.1) is 5.92 Å². The molecule has 0 aromatic carbocycles. The van der Waals surface area contributed by atoms with E-state index < -0.39 is 11.9 Å². The first-order chi connectivity index (χ1) is 6.40. The lowest BCUT2D eigenvalue weighted by molar-refractivity contribution is -0.136. The first kappa shape index (κ1) is 12.7. The van der Waals surface area contributed by atoms with Gasteiger partial charge >= 0.3 is 11.9 Å². The summed E-state index contributed by atoms with van der Waals surface area (Å²) in [5.74, 6) is -2.12. The lowest BCUT2D eigenvalue weighted by Gasteiger charge is -2.09. The molecule has 0 saturated carbocycles. The molecular formula is C10H16O4. The number of carbonyl (C=O) groups is 2. The molecule has 14 heavy (non-hydrogen) atoms. The summed E-state index contributed by atoms with van der Waals surface area (Å²) in [6.07, 6.45) is 0.536. The Labute approximate surface area is 83.2 Å². The van der Waals surface area contributed by atoms with E-state index in [1.54, 1.807) is 6.92 Å². The van der Waals surface area contributed by atoms with Crippen LogP contribution in [0.15, 0.2) is 11.1 Å². The van der Waals surface area contributed by atoms with E-state index in [1.807, 2.05) is 13.8 Å². The van der Waals surface area contributed by atoms with Crippen molar-refractivity contribution in [2.45, 2.75) is 33.6 Å². The second-order valence-corrected chi connectivity index (χ2v) is 3.52. The van der Waals surface area contributed by atoms with Crippen molar-refractivity contribution in [2.24, 2.45) is 5.92 Å². The molecule has 0 spiro atoms. The van der Waals surface area contributed by atoms with Crippen LogP contribution in [0.2, 0.25) is 0 Å². The summed E-state index contributed by atoms with van der Waals surface area (Å²) in [6, 6.07) is 0. The van der Waals surface area contributed by atoms with E-state index in [4.69, 9.17) is 10.2 Å². The second-order valence-electron chi connectivity index (χ2n) is 3.52. The molecule has 0 saturated heterocycles. The van der Waals surface area contributed by atoms with Crippen molar-refractivity contribution in [3.05, 3.63) is 11.1 Å². The standard InChI is InChI=1S/C10H16O4/c1-4-7(9(11)12)8(10(13)14)5-6(2)3/h6H,4-5H2,1-3H3,(H,11,12)(H,13,14)/b8-7-. The Kier molecular flexibility index (Phi) is 4.91. The fourth-order valence-electron chi connectivity index (χ4n) is 1.24. The zero-order chi connectivity index (χ0) is 11.3. The van der Waals surface area contributed by atoms with Gasteiger partial charge in [0.2, 0.25) is 0 Å². The molecule has 0 atom stereocenters. The summed E-state index contributed by atoms with van der Waals surface area (Å²) in [5.41, 5.74) is 0.0289. The Hall–Kier alpha value is -1.32. The van der Waals surface area contributed by atoms with E-state index in [0.717, 1.165) is 0 Å². The average Bonchev–Trinajstić information content (AvgIpc) is 2.02. The summed E-state index contributed by atoms with van der Waals surface area (Å²) in [7, 11) is 0. The van der Waals surface area contributed by atoms with Crippen molar-refractivity contribution in [1.82, 2.24) is 0 Å². The highest BCUT2D eigenvalue weighted by Crippen LogP contribution is 2.18. The SMILES string of the molecule is CC/C(C(=O)O)=C(\CC(C)C)C(=O)O. The Morgan fingerprint density at radius 1 is 1.07 bits per heavy atom. The van der Waals surface area contributed by atoms with E-state index >= 15 is 0 Å². The van der Waals surface area contributed by atoms with Crippen LogP contribution in [0.4, 0.5) is 0 Å². The van der Waals surface area contributed by atoms with Gasteiger partial charge in [-0.2, -0.15) is 0 Å². The Morgan fingerprint density at radius 3 is 1.71 bits per heavy atom. The van der Waals surface area contributed by atoms with Gasteiger partial charge in [-0.3, -0.25) is 0 Å². The maximum absolute atomic E-state index is 10.8. The topological polar surface area (TPSA) is 74.6 Å². The fourth-order valence-corrected chi connectivity index (χ4v) is 1.24. The minimum Gasteiger partial charge on any atom is -0.478 e. The molecule has 0 bridgehead atoms. The van der Waals surface area contributed by atoms with Crippen molar-refractivity contribution in [1.29, 1.82) is 0 Å². The third-order valence-electron chi connectivity index (χ3n) is 1.85. The lowest BCUT2D eigenvalue weighted by Crippen LogP contribution is -2.12. The Morgan fingerprint density at radius 2 is 1.50 bits per heavy atom. The highest BCUT2D eigenvalue weighted by molar-refractivity contribution is 5.98. The molecule has 0 heterocycles. The maximum atomic E-state index is 10.8. The van der Waals surface area contributed by atoms with Gasteiger partial charge in [0.1, 0.15) is 0 Å². The molecule has 0 aromatic heterocycles. The van der Waals surface area contributed by atoms with Crippen LogP contribution in [-0.4, -0.2) is 22.2 Å². The number of rotatable bonds is 5. The van der Waals surface area contributed by atoms with Crippen molar-refractivity contribution < 1.29 is 19.8 Å². The van der Waals surface area contributed by atoms with Crippen LogP contribution in [0.25, 0.3) is 0 Å². The first-order valence-electron chi connectivity index (χ1n) is 4.58. The van der Waals surface area contributed by atoms with E-state index in [0.29, 0.717) is 6.42 Å². The third kappa shape index (κ3) is 3.60. The number of hydrogen-bond acceptors (Lipinski definition) is 2. The van der Waals surface area contributed by atoms with E-state index in [-0.39, 0.29) is 23.5 Å². The van der Waals surface area contributed by atoms with Gasteiger partial charge < -0.3 is 10.2 Å². The van der Waals surface area contributed by atoms with E-state index in [1.165, 1.54) is 0 Å². The van der Waals surface area contributed by atoms with Crippen LogP contribution in [-0.2, 0) is 9.59 Å². The van der Waals surface area contributed by atoms with Crippen molar-refractivity contribution in [2.75, 3.05) is 0 Å². The predicted octanol–water partition coefficient (Wildman–Crippen LogP) is 1.91. The minimum absolute atomic E-state index is 0.00574. The summed E-state index contributed by atoms with van der Waals surface area (Å²) in [4.78, 5) is 21.6. The molecule has 0 amide bonds. The average molecular weight is 200 g/mol. The van der Waals surface area contributed by atoms with Gasteiger partial charge in [0.05, 0.1) is 0 Å². The molecule has 0 radical (unpaired) electrons. The zero-order valence-corrected chi connectivity index (χ0v) is 8.70. The van der Waals surface area contributed by atoms with Gasteiger partial charge in [-0.25, -0.2) is 9.59 Å². The molecule has 0 aliphatic heterocycles. The van der Waals surface area contributed by atoms with E-state index in [2.05, 4.69) is 0 Å². The number of carboxylic acid groups (broad SMARTS) is 2.